The molecule has 0 radical (unpaired) electrons. The summed E-state index contributed by atoms with van der Waals surface area (Å²) in [5, 5.41) is 7.22. The molecule has 0 aliphatic carbocycles. The fourth-order valence-electron chi connectivity index (χ4n) is 3.30. The van der Waals surface area contributed by atoms with Crippen molar-refractivity contribution in [1.82, 2.24) is 15.1 Å². The monoisotopic (exact) mass is 351 g/mol. The lowest BCUT2D eigenvalue weighted by Gasteiger charge is -2.30. The molecule has 1 N–H and O–H groups in total. The second kappa shape index (κ2) is 7.17. The Morgan fingerprint density at radius 3 is 2.69 bits per heavy atom. The first kappa shape index (κ1) is 16.6. The van der Waals surface area contributed by atoms with Crippen molar-refractivity contribution in [2.75, 3.05) is 20.3 Å². The van der Waals surface area contributed by atoms with E-state index in [9.17, 15) is 4.79 Å². The van der Waals surface area contributed by atoms with E-state index in [4.69, 9.17) is 9.15 Å². The first-order valence-electron chi connectivity index (χ1n) is 8.78. The molecule has 1 saturated heterocycles. The Labute approximate surface area is 151 Å². The van der Waals surface area contributed by atoms with Gasteiger partial charge in [-0.1, -0.05) is 30.3 Å². The molecule has 0 unspecified atom stereocenters. The average Bonchev–Trinajstić information content (AvgIpc) is 3.37. The minimum absolute atomic E-state index is 0.104. The number of H-pyrrole nitrogens is 1. The number of aromatic amines is 1. The van der Waals surface area contributed by atoms with E-state index >= 15 is 0 Å². The summed E-state index contributed by atoms with van der Waals surface area (Å²) in [5.74, 6) is 0.864. The van der Waals surface area contributed by atoms with Crippen LogP contribution in [-0.4, -0.2) is 47.3 Å². The van der Waals surface area contributed by atoms with Crippen LogP contribution < -0.4 is 0 Å². The summed E-state index contributed by atoms with van der Waals surface area (Å²) >= 11 is 0. The Kier molecular flexibility index (Phi) is 4.58. The molecule has 0 atom stereocenters. The summed E-state index contributed by atoms with van der Waals surface area (Å²) < 4.78 is 11.3. The first-order chi connectivity index (χ1) is 12.7. The van der Waals surface area contributed by atoms with Crippen molar-refractivity contribution in [3.05, 3.63) is 54.4 Å². The van der Waals surface area contributed by atoms with Gasteiger partial charge in [-0.15, -0.1) is 0 Å². The molecule has 2 aromatic heterocycles. The van der Waals surface area contributed by atoms with Crippen LogP contribution in [0.1, 0.15) is 23.4 Å². The molecule has 1 aliphatic rings. The lowest BCUT2D eigenvalue weighted by Crippen LogP contribution is -2.40. The quantitative estimate of drug-likeness (QED) is 0.780. The van der Waals surface area contributed by atoms with Crippen LogP contribution in [0.2, 0.25) is 0 Å². The smallest absolute Gasteiger partial charge is 0.289 e. The van der Waals surface area contributed by atoms with Gasteiger partial charge in [0.2, 0.25) is 0 Å². The van der Waals surface area contributed by atoms with E-state index in [1.807, 2.05) is 43.4 Å². The summed E-state index contributed by atoms with van der Waals surface area (Å²) in [5.41, 5.74) is 2.63. The number of rotatable bonds is 4. The van der Waals surface area contributed by atoms with Crippen LogP contribution in [0.4, 0.5) is 0 Å². The van der Waals surface area contributed by atoms with Crippen molar-refractivity contribution in [2.24, 2.45) is 0 Å². The Morgan fingerprint density at radius 1 is 1.15 bits per heavy atom. The summed E-state index contributed by atoms with van der Waals surface area (Å²) in [6.07, 6.45) is 3.50. The number of benzene rings is 1. The number of hydrogen-bond acceptors (Lipinski definition) is 4. The van der Waals surface area contributed by atoms with Gasteiger partial charge in [0.1, 0.15) is 11.5 Å². The molecular formula is C20H21N3O3. The minimum Gasteiger partial charge on any atom is -0.451 e. The summed E-state index contributed by atoms with van der Waals surface area (Å²) in [4.78, 5) is 14.5. The number of ether oxygens (including phenoxy) is 1. The maximum Gasteiger partial charge on any atom is 0.289 e. The normalized spacial score (nSPS) is 15.1. The topological polar surface area (TPSA) is 71.4 Å². The fourth-order valence-corrected chi connectivity index (χ4v) is 3.30. The molecular weight excluding hydrogens is 330 g/mol. The largest absolute Gasteiger partial charge is 0.451 e. The van der Waals surface area contributed by atoms with Crippen LogP contribution in [0.5, 0.6) is 0 Å². The molecule has 1 fully saturated rings. The molecule has 0 bridgehead atoms. The predicted molar refractivity (Wildman–Crippen MR) is 97.7 cm³/mol. The SMILES string of the molecule is CN(C(=O)c1ccc(-c2c[nH]nc2-c2ccccc2)o1)C1CCOCC1. The molecule has 3 heterocycles. The molecule has 6 heteroatoms. The Morgan fingerprint density at radius 2 is 1.92 bits per heavy atom. The molecule has 3 aromatic rings. The van der Waals surface area contributed by atoms with E-state index in [0.717, 1.165) is 29.7 Å². The van der Waals surface area contributed by atoms with Crippen molar-refractivity contribution in [2.45, 2.75) is 18.9 Å². The number of amides is 1. The second-order valence-corrected chi connectivity index (χ2v) is 6.44. The molecule has 1 aromatic carbocycles. The zero-order chi connectivity index (χ0) is 17.9. The highest BCUT2D eigenvalue weighted by molar-refractivity contribution is 5.92. The van der Waals surface area contributed by atoms with E-state index in [0.29, 0.717) is 24.7 Å². The van der Waals surface area contributed by atoms with Gasteiger partial charge >= 0.3 is 0 Å². The highest BCUT2D eigenvalue weighted by Gasteiger charge is 2.26. The molecule has 134 valence electrons. The summed E-state index contributed by atoms with van der Waals surface area (Å²) in [7, 11) is 1.83. The first-order valence-corrected chi connectivity index (χ1v) is 8.78. The van der Waals surface area contributed by atoms with Gasteiger partial charge < -0.3 is 14.1 Å². The minimum atomic E-state index is -0.104. The third kappa shape index (κ3) is 3.15. The van der Waals surface area contributed by atoms with Crippen molar-refractivity contribution in [3.8, 4) is 22.6 Å². The maximum atomic E-state index is 12.7. The summed E-state index contributed by atoms with van der Waals surface area (Å²) in [6, 6.07) is 13.6. The van der Waals surface area contributed by atoms with Gasteiger partial charge in [0, 0.05) is 38.1 Å². The molecule has 1 amide bonds. The fraction of sp³-hybridized carbons (Fsp3) is 0.300. The molecule has 0 spiro atoms. The van der Waals surface area contributed by atoms with Crippen molar-refractivity contribution in [3.63, 3.8) is 0 Å². The number of nitrogens with zero attached hydrogens (tertiary/aromatic N) is 2. The number of nitrogens with one attached hydrogen (secondary N) is 1. The van der Waals surface area contributed by atoms with Gasteiger partial charge in [0.25, 0.3) is 5.91 Å². The van der Waals surface area contributed by atoms with Crippen LogP contribution in [0.25, 0.3) is 22.6 Å². The van der Waals surface area contributed by atoms with E-state index in [1.54, 1.807) is 17.2 Å². The van der Waals surface area contributed by atoms with Gasteiger partial charge in [-0.3, -0.25) is 9.89 Å². The molecule has 6 nitrogen and oxygen atoms in total. The van der Waals surface area contributed by atoms with Crippen LogP contribution in [-0.2, 0) is 4.74 Å². The van der Waals surface area contributed by atoms with Gasteiger partial charge in [0.15, 0.2) is 5.76 Å². The lowest BCUT2D eigenvalue weighted by molar-refractivity contribution is 0.0345. The Balaban J connectivity index is 1.57. The molecule has 4 rings (SSSR count). The third-order valence-corrected chi connectivity index (χ3v) is 4.83. The standard InChI is InChI=1S/C20H21N3O3/c1-23(15-9-11-25-12-10-15)20(24)18-8-7-17(26-18)16-13-21-22-19(16)14-5-3-2-4-6-14/h2-8,13,15H,9-12H2,1H3,(H,21,22). The number of carbonyl (C=O) groups is 1. The number of furan rings is 1. The lowest BCUT2D eigenvalue weighted by atomic mass is 10.1. The molecule has 0 saturated carbocycles. The van der Waals surface area contributed by atoms with Crippen LogP contribution >= 0.6 is 0 Å². The Bertz CT molecular complexity index is 879. The number of carbonyl (C=O) groups excluding carboxylic acids is 1. The zero-order valence-electron chi connectivity index (χ0n) is 14.6. The highest BCUT2D eigenvalue weighted by atomic mass is 16.5. The van der Waals surface area contributed by atoms with Gasteiger partial charge in [-0.05, 0) is 25.0 Å². The van der Waals surface area contributed by atoms with E-state index < -0.39 is 0 Å². The van der Waals surface area contributed by atoms with Crippen LogP contribution in [0.3, 0.4) is 0 Å². The van der Waals surface area contributed by atoms with Crippen LogP contribution in [0, 0.1) is 0 Å². The van der Waals surface area contributed by atoms with Crippen molar-refractivity contribution in [1.29, 1.82) is 0 Å². The number of aromatic nitrogens is 2. The van der Waals surface area contributed by atoms with Crippen molar-refractivity contribution >= 4 is 5.91 Å². The van der Waals surface area contributed by atoms with Crippen LogP contribution in [0.15, 0.2) is 53.1 Å². The average molecular weight is 351 g/mol. The Hall–Kier alpha value is -2.86. The number of hydrogen-bond donors (Lipinski definition) is 1. The molecule has 1 aliphatic heterocycles. The van der Waals surface area contributed by atoms with Gasteiger partial charge in [-0.2, -0.15) is 5.10 Å². The molecule has 26 heavy (non-hydrogen) atoms. The van der Waals surface area contributed by atoms with E-state index in [-0.39, 0.29) is 11.9 Å². The second-order valence-electron chi connectivity index (χ2n) is 6.44. The van der Waals surface area contributed by atoms with E-state index in [1.165, 1.54) is 0 Å². The highest BCUT2D eigenvalue weighted by Crippen LogP contribution is 2.31. The maximum absolute atomic E-state index is 12.7. The predicted octanol–water partition coefficient (Wildman–Crippen LogP) is 3.59. The van der Waals surface area contributed by atoms with Gasteiger partial charge in [0.05, 0.1) is 5.56 Å². The van der Waals surface area contributed by atoms with Crippen molar-refractivity contribution < 1.29 is 13.9 Å². The third-order valence-electron chi connectivity index (χ3n) is 4.83. The summed E-state index contributed by atoms with van der Waals surface area (Å²) in [6.45, 7) is 1.39. The zero-order valence-corrected chi connectivity index (χ0v) is 14.6. The van der Waals surface area contributed by atoms with E-state index in [2.05, 4.69) is 10.2 Å². The van der Waals surface area contributed by atoms with Gasteiger partial charge in [-0.25, -0.2) is 0 Å².